The molecule has 0 aromatic heterocycles. The summed E-state index contributed by atoms with van der Waals surface area (Å²) in [6.45, 7) is 4.17. The molecule has 0 spiro atoms. The number of piperazine rings is 1. The Balaban J connectivity index is 2.49. The van der Waals surface area contributed by atoms with Gasteiger partial charge in [0.1, 0.15) is 6.04 Å². The first-order valence-corrected chi connectivity index (χ1v) is 6.94. The van der Waals surface area contributed by atoms with Crippen LogP contribution >= 0.6 is 0 Å². The highest BCUT2D eigenvalue weighted by atomic mass is 32.2. The van der Waals surface area contributed by atoms with Crippen molar-refractivity contribution in [3.63, 3.8) is 0 Å². The van der Waals surface area contributed by atoms with E-state index in [0.29, 0.717) is 13.0 Å². The van der Waals surface area contributed by atoms with Crippen LogP contribution in [-0.4, -0.2) is 51.6 Å². The van der Waals surface area contributed by atoms with Crippen LogP contribution in [0, 0.1) is 0 Å². The number of hydrogen-bond acceptors (Lipinski definition) is 3. The van der Waals surface area contributed by atoms with Crippen molar-refractivity contribution < 1.29 is 13.8 Å². The van der Waals surface area contributed by atoms with Gasteiger partial charge < -0.3 is 10.2 Å². The minimum Gasteiger partial charge on any atom is -0.343 e. The number of hydrogen-bond donors (Lipinski definition) is 1. The highest BCUT2D eigenvalue weighted by Gasteiger charge is 2.29. The first-order chi connectivity index (χ1) is 7.41. The summed E-state index contributed by atoms with van der Waals surface area (Å²) in [6.07, 6.45) is 2.31. The van der Waals surface area contributed by atoms with E-state index in [1.54, 1.807) is 13.2 Å². The van der Waals surface area contributed by atoms with Gasteiger partial charge in [-0.25, -0.2) is 0 Å². The number of nitrogens with one attached hydrogen (secondary N) is 1. The number of carbonyl (C=O) groups is 2. The maximum atomic E-state index is 11.7. The number of amides is 2. The first-order valence-electron chi connectivity index (χ1n) is 5.32. The molecule has 0 aliphatic carbocycles. The van der Waals surface area contributed by atoms with Crippen LogP contribution in [0.15, 0.2) is 0 Å². The van der Waals surface area contributed by atoms with Gasteiger partial charge in [0.05, 0.1) is 6.54 Å². The first kappa shape index (κ1) is 13.2. The molecule has 92 valence electrons. The Hall–Kier alpha value is -0.910. The Morgan fingerprint density at radius 3 is 2.75 bits per heavy atom. The van der Waals surface area contributed by atoms with E-state index in [1.807, 2.05) is 6.92 Å². The van der Waals surface area contributed by atoms with Crippen LogP contribution in [0.1, 0.15) is 20.3 Å². The standard InChI is InChI=1S/C10H18N2O3S/c1-7(16(3)15)4-5-12-6-9(13)11-8(2)10(12)14/h7-8H,4-6H2,1-3H3,(H,11,13). The van der Waals surface area contributed by atoms with Crippen molar-refractivity contribution in [2.45, 2.75) is 31.6 Å². The van der Waals surface area contributed by atoms with Gasteiger partial charge in [0.2, 0.25) is 11.8 Å². The predicted octanol–water partition coefficient (Wildman–Crippen LogP) is -0.510. The molecule has 1 saturated heterocycles. The quantitative estimate of drug-likeness (QED) is 0.726. The van der Waals surface area contributed by atoms with Crippen molar-refractivity contribution in [3.05, 3.63) is 0 Å². The van der Waals surface area contributed by atoms with Gasteiger partial charge >= 0.3 is 0 Å². The fraction of sp³-hybridized carbons (Fsp3) is 0.800. The van der Waals surface area contributed by atoms with Gasteiger partial charge in [-0.1, -0.05) is 6.92 Å². The Morgan fingerprint density at radius 1 is 1.56 bits per heavy atom. The summed E-state index contributed by atoms with van der Waals surface area (Å²) in [7, 11) is -0.882. The SMILES string of the molecule is CC1NC(=O)CN(CCC(C)S(C)=O)C1=O. The second-order valence-corrected chi connectivity index (χ2v) is 5.95. The lowest BCUT2D eigenvalue weighted by atomic mass is 10.2. The molecular formula is C10H18N2O3S. The number of nitrogens with zero attached hydrogens (tertiary/aromatic N) is 1. The molecule has 0 radical (unpaired) electrons. The normalized spacial score (nSPS) is 25.2. The molecule has 0 aromatic rings. The van der Waals surface area contributed by atoms with E-state index in [2.05, 4.69) is 5.32 Å². The molecule has 3 unspecified atom stereocenters. The van der Waals surface area contributed by atoms with E-state index in [1.165, 1.54) is 4.90 Å². The molecule has 0 aromatic carbocycles. The molecule has 3 atom stereocenters. The van der Waals surface area contributed by atoms with Gasteiger partial charge in [-0.3, -0.25) is 13.8 Å². The van der Waals surface area contributed by atoms with Crippen LogP contribution in [0.4, 0.5) is 0 Å². The van der Waals surface area contributed by atoms with Crippen molar-refractivity contribution in [2.24, 2.45) is 0 Å². The van der Waals surface area contributed by atoms with Crippen molar-refractivity contribution in [2.75, 3.05) is 19.3 Å². The van der Waals surface area contributed by atoms with Gasteiger partial charge in [0.25, 0.3) is 0 Å². The van der Waals surface area contributed by atoms with Crippen molar-refractivity contribution >= 4 is 22.6 Å². The van der Waals surface area contributed by atoms with Gasteiger partial charge in [-0.05, 0) is 13.3 Å². The van der Waals surface area contributed by atoms with Crippen LogP contribution in [0.25, 0.3) is 0 Å². The second-order valence-electron chi connectivity index (χ2n) is 4.15. The largest absolute Gasteiger partial charge is 0.343 e. The molecule has 1 heterocycles. The van der Waals surface area contributed by atoms with E-state index in [4.69, 9.17) is 0 Å². The van der Waals surface area contributed by atoms with E-state index in [0.717, 1.165) is 0 Å². The Kier molecular flexibility index (Phi) is 4.46. The average molecular weight is 246 g/mol. The minimum atomic E-state index is -0.882. The highest BCUT2D eigenvalue weighted by molar-refractivity contribution is 7.84. The van der Waals surface area contributed by atoms with E-state index in [-0.39, 0.29) is 23.6 Å². The summed E-state index contributed by atoms with van der Waals surface area (Å²) >= 11 is 0. The molecule has 6 heteroatoms. The smallest absolute Gasteiger partial charge is 0.245 e. The zero-order valence-corrected chi connectivity index (χ0v) is 10.7. The zero-order valence-electron chi connectivity index (χ0n) is 9.86. The van der Waals surface area contributed by atoms with Gasteiger partial charge in [0.15, 0.2) is 0 Å². The minimum absolute atomic E-state index is 0.0492. The molecule has 5 nitrogen and oxygen atoms in total. The third-order valence-electron chi connectivity index (χ3n) is 2.77. The predicted molar refractivity (Wildman–Crippen MR) is 62.3 cm³/mol. The molecule has 1 N–H and O–H groups in total. The zero-order chi connectivity index (χ0) is 12.3. The summed E-state index contributed by atoms with van der Waals surface area (Å²) in [4.78, 5) is 24.5. The molecular weight excluding hydrogens is 228 g/mol. The third kappa shape index (κ3) is 3.30. The fourth-order valence-corrected chi connectivity index (χ4v) is 2.00. The summed E-state index contributed by atoms with van der Waals surface area (Å²) in [5.74, 6) is -0.189. The van der Waals surface area contributed by atoms with E-state index in [9.17, 15) is 13.8 Å². The lowest BCUT2D eigenvalue weighted by Crippen LogP contribution is -2.57. The van der Waals surface area contributed by atoms with Crippen molar-refractivity contribution in [1.29, 1.82) is 0 Å². The fourth-order valence-electron chi connectivity index (χ4n) is 1.57. The molecule has 1 fully saturated rings. The van der Waals surface area contributed by atoms with Gasteiger partial charge in [-0.2, -0.15) is 0 Å². The molecule has 16 heavy (non-hydrogen) atoms. The Labute approximate surface area is 98.0 Å². The maximum absolute atomic E-state index is 11.7. The van der Waals surface area contributed by atoms with Gasteiger partial charge in [0, 0.05) is 28.9 Å². The van der Waals surface area contributed by atoms with Crippen LogP contribution in [0.3, 0.4) is 0 Å². The summed E-state index contributed by atoms with van der Waals surface area (Å²) in [6, 6.07) is -0.441. The molecule has 1 rings (SSSR count). The Bertz CT molecular complexity index is 319. The van der Waals surface area contributed by atoms with Crippen molar-refractivity contribution in [1.82, 2.24) is 10.2 Å². The summed E-state index contributed by atoms with van der Waals surface area (Å²) < 4.78 is 11.2. The van der Waals surface area contributed by atoms with Crippen LogP contribution in [0.5, 0.6) is 0 Å². The van der Waals surface area contributed by atoms with Crippen LogP contribution in [0.2, 0.25) is 0 Å². The average Bonchev–Trinajstić information content (AvgIpc) is 2.20. The van der Waals surface area contributed by atoms with Crippen LogP contribution in [-0.2, 0) is 20.4 Å². The van der Waals surface area contributed by atoms with E-state index < -0.39 is 16.8 Å². The highest BCUT2D eigenvalue weighted by Crippen LogP contribution is 2.06. The molecule has 1 aliphatic rings. The summed E-state index contributed by atoms with van der Waals surface area (Å²) in [5.41, 5.74) is 0. The maximum Gasteiger partial charge on any atom is 0.245 e. The van der Waals surface area contributed by atoms with Gasteiger partial charge in [-0.15, -0.1) is 0 Å². The molecule has 0 saturated carbocycles. The molecule has 1 aliphatic heterocycles. The Morgan fingerprint density at radius 2 is 2.19 bits per heavy atom. The lowest BCUT2D eigenvalue weighted by molar-refractivity contribution is -0.143. The second kappa shape index (κ2) is 5.43. The summed E-state index contributed by atoms with van der Waals surface area (Å²) in [5, 5.41) is 2.63. The molecule has 2 amide bonds. The van der Waals surface area contributed by atoms with E-state index >= 15 is 0 Å². The van der Waals surface area contributed by atoms with Crippen LogP contribution < -0.4 is 5.32 Å². The number of carbonyl (C=O) groups excluding carboxylic acids is 2. The molecule has 0 bridgehead atoms. The van der Waals surface area contributed by atoms with Crippen molar-refractivity contribution in [3.8, 4) is 0 Å². The topological polar surface area (TPSA) is 66.5 Å². The monoisotopic (exact) mass is 246 g/mol. The number of rotatable bonds is 4. The lowest BCUT2D eigenvalue weighted by Gasteiger charge is -2.31. The third-order valence-corrected chi connectivity index (χ3v) is 4.14.